The Kier molecular flexibility index (Phi) is 2.99. The molecule has 0 spiro atoms. The van der Waals surface area contributed by atoms with Crippen molar-refractivity contribution >= 4 is 12.1 Å². The monoisotopic (exact) mass is 231 g/mol. The number of pyridine rings is 1. The first-order chi connectivity index (χ1) is 7.37. The molecular weight excluding hydrogens is 227 g/mol. The lowest BCUT2D eigenvalue weighted by Crippen LogP contribution is -2.18. The number of aromatic nitrogens is 1. The Morgan fingerprint density at radius 3 is 2.62 bits per heavy atom. The topological polar surface area (TPSA) is 89.0 Å². The third-order valence-corrected chi connectivity index (χ3v) is 1.49. The SMILES string of the molecule is N#Cc1c(OC(F)(F)F)cc(C=O)nc1N. The third kappa shape index (κ3) is 2.60. The Bertz CT molecular complexity index is 465. The standard InChI is InChI=1S/C8H4F3N3O2/c9-8(10,11)16-6-1-4(3-15)14-7(13)5(6)2-12/h1,3H,(H2,13,14). The second-order valence-electron chi connectivity index (χ2n) is 2.58. The molecule has 0 aliphatic heterocycles. The summed E-state index contributed by atoms with van der Waals surface area (Å²) in [5.74, 6) is -1.34. The van der Waals surface area contributed by atoms with E-state index in [0.717, 1.165) is 0 Å². The summed E-state index contributed by atoms with van der Waals surface area (Å²) in [7, 11) is 0. The van der Waals surface area contributed by atoms with Crippen molar-refractivity contribution in [2.45, 2.75) is 6.36 Å². The van der Waals surface area contributed by atoms with E-state index in [0.29, 0.717) is 6.07 Å². The van der Waals surface area contributed by atoms with Gasteiger partial charge in [-0.15, -0.1) is 13.2 Å². The van der Waals surface area contributed by atoms with Gasteiger partial charge in [0.25, 0.3) is 0 Å². The van der Waals surface area contributed by atoms with Gasteiger partial charge in [0.1, 0.15) is 23.1 Å². The van der Waals surface area contributed by atoms with Gasteiger partial charge in [0, 0.05) is 6.07 Å². The van der Waals surface area contributed by atoms with Crippen LogP contribution in [-0.2, 0) is 0 Å². The van der Waals surface area contributed by atoms with Gasteiger partial charge in [-0.1, -0.05) is 0 Å². The first kappa shape index (κ1) is 11.8. The summed E-state index contributed by atoms with van der Waals surface area (Å²) in [5.41, 5.74) is 4.27. The molecule has 0 bridgehead atoms. The van der Waals surface area contributed by atoms with Gasteiger partial charge in [0.2, 0.25) is 0 Å². The molecule has 1 rings (SSSR count). The van der Waals surface area contributed by atoms with Crippen LogP contribution in [0.15, 0.2) is 6.07 Å². The van der Waals surface area contributed by atoms with Crippen molar-refractivity contribution in [1.82, 2.24) is 4.98 Å². The Morgan fingerprint density at radius 1 is 1.56 bits per heavy atom. The van der Waals surface area contributed by atoms with Crippen molar-refractivity contribution in [3.05, 3.63) is 17.3 Å². The van der Waals surface area contributed by atoms with E-state index in [1.807, 2.05) is 0 Å². The molecule has 0 amide bonds. The molecule has 0 aliphatic carbocycles. The molecule has 0 aliphatic rings. The van der Waals surface area contributed by atoms with E-state index in [2.05, 4.69) is 9.72 Å². The largest absolute Gasteiger partial charge is 0.573 e. The minimum absolute atomic E-state index is 0.195. The Balaban J connectivity index is 3.30. The van der Waals surface area contributed by atoms with Gasteiger partial charge in [-0.3, -0.25) is 4.79 Å². The highest BCUT2D eigenvalue weighted by Crippen LogP contribution is 2.28. The number of hydrogen-bond donors (Lipinski definition) is 1. The summed E-state index contributed by atoms with van der Waals surface area (Å²) in [5, 5.41) is 8.55. The zero-order valence-corrected chi connectivity index (χ0v) is 7.58. The summed E-state index contributed by atoms with van der Waals surface area (Å²) in [6, 6.07) is 2.10. The first-order valence-corrected chi connectivity index (χ1v) is 3.79. The Hall–Kier alpha value is -2.30. The molecule has 0 aromatic carbocycles. The maximum atomic E-state index is 11.9. The lowest BCUT2D eigenvalue weighted by Gasteiger charge is -2.11. The molecule has 0 unspecified atom stereocenters. The van der Waals surface area contributed by atoms with Gasteiger partial charge in [0.05, 0.1) is 0 Å². The number of hydrogen-bond acceptors (Lipinski definition) is 5. The van der Waals surface area contributed by atoms with E-state index in [1.165, 1.54) is 6.07 Å². The molecule has 1 aromatic rings. The molecule has 84 valence electrons. The minimum Gasteiger partial charge on any atom is -0.404 e. The van der Waals surface area contributed by atoms with E-state index >= 15 is 0 Å². The van der Waals surface area contributed by atoms with Gasteiger partial charge in [-0.05, 0) is 0 Å². The van der Waals surface area contributed by atoms with Gasteiger partial charge in [-0.25, -0.2) is 4.98 Å². The number of nitrogens with zero attached hydrogens (tertiary/aromatic N) is 2. The zero-order valence-electron chi connectivity index (χ0n) is 7.58. The number of aldehydes is 1. The molecule has 0 saturated carbocycles. The zero-order chi connectivity index (χ0) is 12.3. The molecule has 5 nitrogen and oxygen atoms in total. The number of ether oxygens (including phenoxy) is 1. The fourth-order valence-corrected chi connectivity index (χ4v) is 0.938. The van der Waals surface area contributed by atoms with E-state index < -0.39 is 23.5 Å². The number of nitriles is 1. The van der Waals surface area contributed by atoms with Crippen LogP contribution in [0, 0.1) is 11.3 Å². The maximum Gasteiger partial charge on any atom is 0.573 e. The average Bonchev–Trinajstić information content (AvgIpc) is 2.14. The average molecular weight is 231 g/mol. The predicted molar refractivity (Wildman–Crippen MR) is 45.4 cm³/mol. The minimum atomic E-state index is -4.97. The molecule has 0 saturated heterocycles. The quantitative estimate of drug-likeness (QED) is 0.773. The second-order valence-corrected chi connectivity index (χ2v) is 2.58. The highest BCUT2D eigenvalue weighted by molar-refractivity contribution is 5.75. The highest BCUT2D eigenvalue weighted by atomic mass is 19.4. The van der Waals surface area contributed by atoms with Crippen LogP contribution < -0.4 is 10.5 Å². The second kappa shape index (κ2) is 4.06. The number of nitrogen functional groups attached to an aromatic ring is 1. The number of carbonyl (C=O) groups is 1. The molecule has 1 heterocycles. The number of halogens is 3. The first-order valence-electron chi connectivity index (χ1n) is 3.79. The Morgan fingerprint density at radius 2 is 2.19 bits per heavy atom. The van der Waals surface area contributed by atoms with Gasteiger partial charge >= 0.3 is 6.36 Å². The number of anilines is 1. The van der Waals surface area contributed by atoms with Crippen LogP contribution in [0.2, 0.25) is 0 Å². The van der Waals surface area contributed by atoms with Crippen LogP contribution in [-0.4, -0.2) is 17.6 Å². The number of alkyl halides is 3. The van der Waals surface area contributed by atoms with Crippen molar-refractivity contribution in [2.75, 3.05) is 5.73 Å². The van der Waals surface area contributed by atoms with Crippen LogP contribution in [0.25, 0.3) is 0 Å². The summed E-state index contributed by atoms with van der Waals surface area (Å²) in [6.07, 6.45) is -4.78. The molecular formula is C8H4F3N3O2. The lowest BCUT2D eigenvalue weighted by molar-refractivity contribution is -0.274. The van der Waals surface area contributed by atoms with Crippen LogP contribution in [0.3, 0.4) is 0 Å². The predicted octanol–water partition coefficient (Wildman–Crippen LogP) is 1.25. The van der Waals surface area contributed by atoms with E-state index in [-0.39, 0.29) is 12.0 Å². The highest BCUT2D eigenvalue weighted by Gasteiger charge is 2.33. The van der Waals surface area contributed by atoms with E-state index in [9.17, 15) is 18.0 Å². The molecule has 8 heteroatoms. The van der Waals surface area contributed by atoms with Crippen molar-refractivity contribution in [3.63, 3.8) is 0 Å². The van der Waals surface area contributed by atoms with Crippen LogP contribution in [0.5, 0.6) is 5.75 Å². The van der Waals surface area contributed by atoms with Crippen molar-refractivity contribution < 1.29 is 22.7 Å². The van der Waals surface area contributed by atoms with Gasteiger partial charge in [0.15, 0.2) is 12.0 Å². The molecule has 0 atom stereocenters. The third-order valence-electron chi connectivity index (χ3n) is 1.49. The maximum absolute atomic E-state index is 11.9. The summed E-state index contributed by atoms with van der Waals surface area (Å²) in [6.45, 7) is 0. The molecule has 16 heavy (non-hydrogen) atoms. The van der Waals surface area contributed by atoms with Crippen molar-refractivity contribution in [3.8, 4) is 11.8 Å². The molecule has 2 N–H and O–H groups in total. The van der Waals surface area contributed by atoms with E-state index in [1.54, 1.807) is 0 Å². The van der Waals surface area contributed by atoms with Gasteiger partial charge in [-0.2, -0.15) is 5.26 Å². The lowest BCUT2D eigenvalue weighted by atomic mass is 10.2. The van der Waals surface area contributed by atoms with Crippen molar-refractivity contribution in [1.29, 1.82) is 5.26 Å². The van der Waals surface area contributed by atoms with Crippen LogP contribution in [0.4, 0.5) is 19.0 Å². The number of nitrogens with two attached hydrogens (primary N) is 1. The summed E-state index contributed by atoms with van der Waals surface area (Å²) >= 11 is 0. The van der Waals surface area contributed by atoms with E-state index in [4.69, 9.17) is 11.0 Å². The van der Waals surface area contributed by atoms with Crippen molar-refractivity contribution in [2.24, 2.45) is 0 Å². The molecule has 0 radical (unpaired) electrons. The molecule has 1 aromatic heterocycles. The number of rotatable bonds is 2. The molecule has 0 fully saturated rings. The normalized spacial score (nSPS) is 10.6. The number of carbonyl (C=O) groups excluding carboxylic acids is 1. The summed E-state index contributed by atoms with van der Waals surface area (Å²) in [4.78, 5) is 13.7. The summed E-state index contributed by atoms with van der Waals surface area (Å²) < 4.78 is 39.4. The fourth-order valence-electron chi connectivity index (χ4n) is 0.938. The van der Waals surface area contributed by atoms with Crippen LogP contribution >= 0.6 is 0 Å². The van der Waals surface area contributed by atoms with Gasteiger partial charge < -0.3 is 10.5 Å². The fraction of sp³-hybridized carbons (Fsp3) is 0.125. The van der Waals surface area contributed by atoms with Crippen LogP contribution in [0.1, 0.15) is 16.1 Å². The Labute approximate surface area is 87.3 Å². The smallest absolute Gasteiger partial charge is 0.404 e.